The van der Waals surface area contributed by atoms with Crippen LogP contribution in [-0.4, -0.2) is 105 Å². The van der Waals surface area contributed by atoms with Gasteiger partial charge in [-0.25, -0.2) is 13.4 Å². The molecule has 0 bridgehead atoms. The Morgan fingerprint density at radius 3 is 2.63 bits per heavy atom. The lowest BCUT2D eigenvalue weighted by molar-refractivity contribution is -0.139. The van der Waals surface area contributed by atoms with E-state index in [1.807, 2.05) is 7.05 Å². The SMILES string of the molecule is COc1cc(S(=O)(=O)N2CCOCC2)ccc1NCC#Cc1cc(C(=O)N[C@H]2CCN(C)C[C@@H]2C)c2ncn(CC(F)(F)F)c2c1. The Hall–Kier alpha value is -3.84. The van der Waals surface area contributed by atoms with Crippen LogP contribution in [0.3, 0.4) is 0 Å². The molecular formula is C31H37F3N6O5S. The van der Waals surface area contributed by atoms with Gasteiger partial charge in [0.15, 0.2) is 0 Å². The fraction of sp³-hybridized carbons (Fsp3) is 0.484. The zero-order valence-corrected chi connectivity index (χ0v) is 26.7. The molecule has 2 atom stereocenters. The first-order valence-electron chi connectivity index (χ1n) is 14.9. The number of methoxy groups -OCH3 is 1. The van der Waals surface area contributed by atoms with E-state index < -0.39 is 28.7 Å². The maximum Gasteiger partial charge on any atom is 0.406 e. The summed E-state index contributed by atoms with van der Waals surface area (Å²) in [6.07, 6.45) is -2.65. The van der Waals surface area contributed by atoms with Crippen LogP contribution in [0.1, 0.15) is 29.3 Å². The van der Waals surface area contributed by atoms with E-state index >= 15 is 0 Å². The summed E-state index contributed by atoms with van der Waals surface area (Å²) < 4.78 is 79.1. The lowest BCUT2D eigenvalue weighted by Crippen LogP contribution is -2.48. The van der Waals surface area contributed by atoms with Crippen molar-refractivity contribution in [2.75, 3.05) is 65.4 Å². The molecule has 2 N–H and O–H groups in total. The number of fused-ring (bicyclic) bond motifs is 1. The predicted molar refractivity (Wildman–Crippen MR) is 166 cm³/mol. The maximum atomic E-state index is 13.5. The Morgan fingerprint density at radius 2 is 1.93 bits per heavy atom. The zero-order valence-electron chi connectivity index (χ0n) is 25.9. The number of rotatable bonds is 8. The van der Waals surface area contributed by atoms with E-state index in [-0.39, 0.29) is 53.1 Å². The molecule has 0 saturated carbocycles. The standard InChI is InChI=1S/C31H37F3N6O5S/c1-21-18-38(2)10-8-25(21)37-30(41)24-15-22(16-27-29(24)36-20-39(27)19-31(32,33)34)5-4-9-35-26-7-6-23(17-28(26)44-3)46(42,43)40-11-13-45-14-12-40/h6-7,15-17,20-21,25,35H,8-14,18-19H2,1-3H3,(H,37,41)/t21-,25-/m0/s1. The quantitative estimate of drug-likeness (QED) is 0.354. The number of nitrogens with one attached hydrogen (secondary N) is 2. The van der Waals surface area contributed by atoms with Gasteiger partial charge in [-0.05, 0) is 50.2 Å². The van der Waals surface area contributed by atoms with Gasteiger partial charge in [0.25, 0.3) is 5.91 Å². The van der Waals surface area contributed by atoms with Gasteiger partial charge in [-0.15, -0.1) is 0 Å². The molecule has 1 amide bonds. The first kappa shape index (κ1) is 33.5. The number of aromatic nitrogens is 2. The number of hydrogen-bond acceptors (Lipinski definition) is 8. The lowest BCUT2D eigenvalue weighted by Gasteiger charge is -2.35. The lowest BCUT2D eigenvalue weighted by atomic mass is 9.93. The Kier molecular flexibility index (Phi) is 10.1. The van der Waals surface area contributed by atoms with Gasteiger partial charge >= 0.3 is 6.18 Å². The zero-order chi connectivity index (χ0) is 33.1. The molecule has 2 aromatic carbocycles. The van der Waals surface area contributed by atoms with Crippen molar-refractivity contribution >= 4 is 32.7 Å². The number of carbonyl (C=O) groups is 1. The van der Waals surface area contributed by atoms with Gasteiger partial charge in [-0.2, -0.15) is 17.5 Å². The Labute approximate surface area is 266 Å². The van der Waals surface area contributed by atoms with Crippen LogP contribution >= 0.6 is 0 Å². The number of benzene rings is 2. The molecule has 2 aliphatic heterocycles. The number of amides is 1. The number of carbonyl (C=O) groups excluding carboxylic acids is 1. The van der Waals surface area contributed by atoms with Gasteiger partial charge in [0, 0.05) is 37.3 Å². The number of piperidine rings is 1. The fourth-order valence-corrected chi connectivity index (χ4v) is 7.17. The monoisotopic (exact) mass is 662 g/mol. The van der Waals surface area contributed by atoms with Crippen molar-refractivity contribution in [3.63, 3.8) is 0 Å². The summed E-state index contributed by atoms with van der Waals surface area (Å²) in [6.45, 7) is 3.72. The van der Waals surface area contributed by atoms with Crippen LogP contribution in [0.5, 0.6) is 5.75 Å². The highest BCUT2D eigenvalue weighted by Crippen LogP contribution is 2.30. The highest BCUT2D eigenvalue weighted by Gasteiger charge is 2.31. The summed E-state index contributed by atoms with van der Waals surface area (Å²) in [4.78, 5) is 19.9. The van der Waals surface area contributed by atoms with E-state index in [9.17, 15) is 26.4 Å². The van der Waals surface area contributed by atoms with Crippen LogP contribution in [0.15, 0.2) is 41.6 Å². The number of nitrogens with zero attached hydrogens (tertiary/aromatic N) is 4. The third-order valence-corrected chi connectivity index (χ3v) is 10.0. The smallest absolute Gasteiger partial charge is 0.406 e. The number of morpholine rings is 1. The Balaban J connectivity index is 1.37. The molecule has 11 nitrogen and oxygen atoms in total. The topological polar surface area (TPSA) is 118 Å². The molecule has 5 rings (SSSR count). The van der Waals surface area contributed by atoms with Gasteiger partial charge in [0.05, 0.1) is 54.9 Å². The van der Waals surface area contributed by atoms with E-state index in [1.54, 1.807) is 12.1 Å². The molecule has 2 saturated heterocycles. The summed E-state index contributed by atoms with van der Waals surface area (Å²) in [7, 11) is -0.277. The Morgan fingerprint density at radius 1 is 1.17 bits per heavy atom. The number of ether oxygens (including phenoxy) is 2. The van der Waals surface area contributed by atoms with Crippen LogP contribution in [0.4, 0.5) is 18.9 Å². The number of alkyl halides is 3. The molecule has 0 radical (unpaired) electrons. The predicted octanol–water partition coefficient (Wildman–Crippen LogP) is 3.16. The number of imidazole rings is 1. The maximum absolute atomic E-state index is 13.5. The van der Waals surface area contributed by atoms with E-state index in [4.69, 9.17) is 9.47 Å². The second kappa shape index (κ2) is 13.9. The van der Waals surface area contributed by atoms with Crippen LogP contribution in [0.25, 0.3) is 11.0 Å². The van der Waals surface area contributed by atoms with Crippen molar-refractivity contribution in [2.24, 2.45) is 5.92 Å². The van der Waals surface area contributed by atoms with E-state index in [0.717, 1.165) is 30.4 Å². The normalized spacial score (nSPS) is 19.8. The van der Waals surface area contributed by atoms with Crippen molar-refractivity contribution in [3.05, 3.63) is 47.8 Å². The van der Waals surface area contributed by atoms with Gasteiger partial charge in [-0.3, -0.25) is 4.79 Å². The number of anilines is 1. The van der Waals surface area contributed by atoms with Gasteiger partial charge in [0.1, 0.15) is 17.8 Å². The fourth-order valence-electron chi connectivity index (χ4n) is 5.74. The highest BCUT2D eigenvalue weighted by atomic mass is 32.2. The summed E-state index contributed by atoms with van der Waals surface area (Å²) >= 11 is 0. The van der Waals surface area contributed by atoms with Crippen molar-refractivity contribution < 1.29 is 35.9 Å². The molecular weight excluding hydrogens is 625 g/mol. The van der Waals surface area contributed by atoms with E-state index in [0.29, 0.717) is 30.2 Å². The molecule has 2 aliphatic rings. The van der Waals surface area contributed by atoms with Crippen molar-refractivity contribution in [3.8, 4) is 17.6 Å². The van der Waals surface area contributed by atoms with E-state index in [2.05, 4.69) is 39.3 Å². The summed E-state index contributed by atoms with van der Waals surface area (Å²) in [5.74, 6) is 5.96. The minimum absolute atomic E-state index is 0.0832. The van der Waals surface area contributed by atoms with Crippen LogP contribution in [-0.2, 0) is 21.3 Å². The number of sulfonamides is 1. The summed E-state index contributed by atoms with van der Waals surface area (Å²) in [6, 6.07) is 7.45. The van der Waals surface area contributed by atoms with Crippen molar-refractivity contribution in [1.82, 2.24) is 24.1 Å². The average molecular weight is 663 g/mol. The first-order valence-corrected chi connectivity index (χ1v) is 16.3. The first-order chi connectivity index (χ1) is 21.9. The number of likely N-dealkylation sites (tertiary alicyclic amines) is 1. The molecule has 0 aliphatic carbocycles. The molecule has 3 heterocycles. The molecule has 3 aromatic rings. The van der Waals surface area contributed by atoms with Crippen molar-refractivity contribution in [1.29, 1.82) is 0 Å². The molecule has 0 spiro atoms. The average Bonchev–Trinajstić information content (AvgIpc) is 3.41. The minimum atomic E-state index is -4.48. The highest BCUT2D eigenvalue weighted by molar-refractivity contribution is 7.89. The number of halogens is 3. The van der Waals surface area contributed by atoms with Gasteiger partial charge in [0.2, 0.25) is 10.0 Å². The largest absolute Gasteiger partial charge is 0.495 e. The molecule has 46 heavy (non-hydrogen) atoms. The molecule has 248 valence electrons. The van der Waals surface area contributed by atoms with Crippen LogP contribution < -0.4 is 15.4 Å². The van der Waals surface area contributed by atoms with Gasteiger partial charge in [-0.1, -0.05) is 18.8 Å². The third kappa shape index (κ3) is 7.75. The van der Waals surface area contributed by atoms with Crippen LogP contribution in [0, 0.1) is 17.8 Å². The van der Waals surface area contributed by atoms with E-state index in [1.165, 1.54) is 29.6 Å². The second-order valence-corrected chi connectivity index (χ2v) is 13.5. The van der Waals surface area contributed by atoms with Crippen molar-refractivity contribution in [2.45, 2.75) is 37.0 Å². The molecule has 15 heteroatoms. The number of hydrogen-bond donors (Lipinski definition) is 2. The summed E-state index contributed by atoms with van der Waals surface area (Å²) in [5, 5.41) is 6.15. The molecule has 0 unspecified atom stereocenters. The summed E-state index contributed by atoms with van der Waals surface area (Å²) in [5.41, 5.74) is 1.32. The minimum Gasteiger partial charge on any atom is -0.495 e. The third-order valence-electron chi connectivity index (χ3n) is 8.13. The van der Waals surface area contributed by atoms with Gasteiger partial charge < -0.3 is 29.6 Å². The Bertz CT molecular complexity index is 1740. The molecule has 1 aromatic heterocycles. The molecule has 2 fully saturated rings. The van der Waals surface area contributed by atoms with Crippen LogP contribution in [0.2, 0.25) is 0 Å². The second-order valence-electron chi connectivity index (χ2n) is 11.5.